The summed E-state index contributed by atoms with van der Waals surface area (Å²) in [6.07, 6.45) is 3.11. The molecule has 4 heteroatoms. The number of nitrogens with zero attached hydrogens (tertiary/aromatic N) is 2. The average molecular weight is 413 g/mol. The molecule has 1 unspecified atom stereocenters. The van der Waals surface area contributed by atoms with Crippen molar-refractivity contribution in [2.45, 2.75) is 32.4 Å². The first-order valence-corrected chi connectivity index (χ1v) is 10.3. The molecule has 2 aromatic carbocycles. The predicted octanol–water partition coefficient (Wildman–Crippen LogP) is 4.25. The van der Waals surface area contributed by atoms with Gasteiger partial charge in [-0.3, -0.25) is 9.69 Å². The molecule has 26 heavy (non-hydrogen) atoms. The number of likely N-dealkylation sites (tertiary alicyclic amines) is 1. The van der Waals surface area contributed by atoms with Crippen LogP contribution >= 0.6 is 15.9 Å². The topological polar surface area (TPSA) is 23.6 Å². The van der Waals surface area contributed by atoms with E-state index in [9.17, 15) is 4.79 Å². The summed E-state index contributed by atoms with van der Waals surface area (Å²) in [7, 11) is 0. The van der Waals surface area contributed by atoms with Gasteiger partial charge in [-0.15, -0.1) is 0 Å². The molecule has 4 rings (SSSR count). The number of halogens is 1. The number of amides is 1. The van der Waals surface area contributed by atoms with E-state index < -0.39 is 0 Å². The lowest BCUT2D eigenvalue weighted by Gasteiger charge is -2.36. The van der Waals surface area contributed by atoms with E-state index in [0.717, 1.165) is 56.5 Å². The number of carbonyl (C=O) groups is 1. The third-order valence-corrected chi connectivity index (χ3v) is 6.15. The standard InChI is InChI=1S/C22H25BrN2O/c23-21-9-7-17(8-10-21)14-24-12-3-6-20(15-24)22(26)25-13-11-18-4-1-2-5-19(18)16-25/h1-2,4-5,7-10,20H,3,6,11-16H2. The van der Waals surface area contributed by atoms with Crippen molar-refractivity contribution in [1.82, 2.24) is 9.80 Å². The minimum atomic E-state index is 0.143. The van der Waals surface area contributed by atoms with Crippen molar-refractivity contribution in [2.75, 3.05) is 19.6 Å². The van der Waals surface area contributed by atoms with Crippen LogP contribution in [0.25, 0.3) is 0 Å². The van der Waals surface area contributed by atoms with Gasteiger partial charge in [-0.25, -0.2) is 0 Å². The number of fused-ring (bicyclic) bond motifs is 1. The normalized spacial score (nSPS) is 20.7. The second-order valence-corrected chi connectivity index (χ2v) is 8.39. The van der Waals surface area contributed by atoms with Gasteiger partial charge in [-0.05, 0) is 54.6 Å². The highest BCUT2D eigenvalue weighted by molar-refractivity contribution is 9.10. The molecule has 136 valence electrons. The van der Waals surface area contributed by atoms with Gasteiger partial charge in [0.15, 0.2) is 0 Å². The highest BCUT2D eigenvalue weighted by Crippen LogP contribution is 2.25. The monoisotopic (exact) mass is 412 g/mol. The van der Waals surface area contributed by atoms with Crippen LogP contribution in [0.5, 0.6) is 0 Å². The van der Waals surface area contributed by atoms with Crippen LogP contribution in [-0.4, -0.2) is 35.3 Å². The molecule has 2 aliphatic heterocycles. The van der Waals surface area contributed by atoms with Crippen molar-refractivity contribution in [1.29, 1.82) is 0 Å². The molecular formula is C22H25BrN2O. The summed E-state index contributed by atoms with van der Waals surface area (Å²) in [6, 6.07) is 17.0. The van der Waals surface area contributed by atoms with Gasteiger partial charge in [0.2, 0.25) is 5.91 Å². The van der Waals surface area contributed by atoms with Gasteiger partial charge in [0, 0.05) is 30.7 Å². The maximum Gasteiger partial charge on any atom is 0.227 e. The zero-order valence-electron chi connectivity index (χ0n) is 15.0. The fourth-order valence-electron chi connectivity index (χ4n) is 4.19. The summed E-state index contributed by atoms with van der Waals surface area (Å²) in [5.74, 6) is 0.490. The van der Waals surface area contributed by atoms with Crippen molar-refractivity contribution >= 4 is 21.8 Å². The summed E-state index contributed by atoms with van der Waals surface area (Å²) in [5, 5.41) is 0. The van der Waals surface area contributed by atoms with Gasteiger partial charge in [-0.1, -0.05) is 52.3 Å². The van der Waals surface area contributed by atoms with E-state index in [0.29, 0.717) is 5.91 Å². The maximum atomic E-state index is 13.1. The summed E-state index contributed by atoms with van der Waals surface area (Å²) >= 11 is 3.49. The van der Waals surface area contributed by atoms with E-state index in [1.807, 2.05) is 0 Å². The van der Waals surface area contributed by atoms with Crippen LogP contribution in [0.4, 0.5) is 0 Å². The van der Waals surface area contributed by atoms with Gasteiger partial charge in [0.05, 0.1) is 5.92 Å². The Morgan fingerprint density at radius 2 is 1.81 bits per heavy atom. The van der Waals surface area contributed by atoms with Crippen LogP contribution in [0.1, 0.15) is 29.5 Å². The van der Waals surface area contributed by atoms with E-state index in [1.54, 1.807) is 0 Å². The summed E-state index contributed by atoms with van der Waals surface area (Å²) in [6.45, 7) is 4.53. The van der Waals surface area contributed by atoms with Crippen molar-refractivity contribution in [2.24, 2.45) is 5.92 Å². The number of rotatable bonds is 3. The molecule has 1 amide bonds. The highest BCUT2D eigenvalue weighted by Gasteiger charge is 2.30. The fourth-order valence-corrected chi connectivity index (χ4v) is 4.46. The van der Waals surface area contributed by atoms with Crippen molar-refractivity contribution < 1.29 is 4.79 Å². The molecule has 2 aliphatic rings. The molecule has 0 radical (unpaired) electrons. The second kappa shape index (κ2) is 7.93. The van der Waals surface area contributed by atoms with Crippen LogP contribution in [-0.2, 0) is 24.3 Å². The Kier molecular flexibility index (Phi) is 5.41. The van der Waals surface area contributed by atoms with E-state index in [-0.39, 0.29) is 5.92 Å². The zero-order chi connectivity index (χ0) is 17.9. The maximum absolute atomic E-state index is 13.1. The van der Waals surface area contributed by atoms with Crippen molar-refractivity contribution in [3.63, 3.8) is 0 Å². The zero-order valence-corrected chi connectivity index (χ0v) is 16.6. The Hall–Kier alpha value is -1.65. The summed E-state index contributed by atoms with van der Waals surface area (Å²) in [5.41, 5.74) is 4.03. The quantitative estimate of drug-likeness (QED) is 0.752. The van der Waals surface area contributed by atoms with E-state index >= 15 is 0 Å². The SMILES string of the molecule is O=C(C1CCCN(Cc2ccc(Br)cc2)C1)N1CCc2ccccc2C1. The van der Waals surface area contributed by atoms with Crippen molar-refractivity contribution in [3.8, 4) is 0 Å². The Labute approximate surface area is 164 Å². The van der Waals surface area contributed by atoms with Gasteiger partial charge in [0.1, 0.15) is 0 Å². The molecule has 2 aromatic rings. The van der Waals surface area contributed by atoms with Gasteiger partial charge in [-0.2, -0.15) is 0 Å². The number of benzene rings is 2. The largest absolute Gasteiger partial charge is 0.338 e. The lowest BCUT2D eigenvalue weighted by molar-refractivity contribution is -0.138. The molecule has 0 saturated carbocycles. The Morgan fingerprint density at radius 1 is 1.04 bits per heavy atom. The molecule has 3 nitrogen and oxygen atoms in total. The number of carbonyl (C=O) groups excluding carboxylic acids is 1. The minimum absolute atomic E-state index is 0.143. The second-order valence-electron chi connectivity index (χ2n) is 7.48. The van der Waals surface area contributed by atoms with Gasteiger partial charge >= 0.3 is 0 Å². The number of hydrogen-bond acceptors (Lipinski definition) is 2. The highest BCUT2D eigenvalue weighted by atomic mass is 79.9. The Balaban J connectivity index is 1.38. The minimum Gasteiger partial charge on any atom is -0.338 e. The molecular weight excluding hydrogens is 388 g/mol. The smallest absolute Gasteiger partial charge is 0.227 e. The molecule has 1 saturated heterocycles. The predicted molar refractivity (Wildman–Crippen MR) is 108 cm³/mol. The molecule has 1 atom stereocenters. The summed E-state index contributed by atoms with van der Waals surface area (Å²) < 4.78 is 1.11. The first kappa shape index (κ1) is 17.7. The van der Waals surface area contributed by atoms with Gasteiger partial charge in [0.25, 0.3) is 0 Å². The molecule has 0 aromatic heterocycles. The number of hydrogen-bond donors (Lipinski definition) is 0. The van der Waals surface area contributed by atoms with E-state index in [4.69, 9.17) is 0 Å². The fraction of sp³-hybridized carbons (Fsp3) is 0.409. The Morgan fingerprint density at radius 3 is 2.62 bits per heavy atom. The van der Waals surface area contributed by atoms with Crippen LogP contribution in [0.3, 0.4) is 0 Å². The van der Waals surface area contributed by atoms with E-state index in [2.05, 4.69) is 74.3 Å². The van der Waals surface area contributed by atoms with Gasteiger partial charge < -0.3 is 4.90 Å². The first-order valence-electron chi connectivity index (χ1n) is 9.51. The van der Waals surface area contributed by atoms with Crippen LogP contribution in [0.2, 0.25) is 0 Å². The summed E-state index contributed by atoms with van der Waals surface area (Å²) in [4.78, 5) is 17.6. The molecule has 1 fully saturated rings. The molecule has 2 heterocycles. The molecule has 0 spiro atoms. The van der Waals surface area contributed by atoms with Crippen LogP contribution < -0.4 is 0 Å². The number of piperidine rings is 1. The lowest BCUT2D eigenvalue weighted by atomic mass is 9.93. The average Bonchev–Trinajstić information content (AvgIpc) is 2.69. The van der Waals surface area contributed by atoms with Crippen LogP contribution in [0.15, 0.2) is 53.0 Å². The third kappa shape index (κ3) is 4.02. The van der Waals surface area contributed by atoms with Crippen LogP contribution in [0, 0.1) is 5.92 Å². The molecule has 0 bridgehead atoms. The first-order chi connectivity index (χ1) is 12.7. The third-order valence-electron chi connectivity index (χ3n) is 5.62. The lowest BCUT2D eigenvalue weighted by Crippen LogP contribution is -2.46. The molecule has 0 aliphatic carbocycles. The van der Waals surface area contributed by atoms with E-state index in [1.165, 1.54) is 16.7 Å². The molecule has 0 N–H and O–H groups in total. The van der Waals surface area contributed by atoms with Crippen molar-refractivity contribution in [3.05, 3.63) is 69.7 Å². The Bertz CT molecular complexity index is 774.